The lowest BCUT2D eigenvalue weighted by Gasteiger charge is -2.24. The van der Waals surface area contributed by atoms with Crippen LogP contribution in [-0.2, 0) is 10.0 Å². The minimum atomic E-state index is -4.46. The molecule has 0 amide bonds. The zero-order valence-electron chi connectivity index (χ0n) is 22.3. The highest BCUT2D eigenvalue weighted by molar-refractivity contribution is 7.89. The van der Waals surface area contributed by atoms with Crippen LogP contribution in [0.1, 0.15) is 37.8 Å². The maximum Gasteiger partial charge on any atom is 0.240 e. The van der Waals surface area contributed by atoms with Gasteiger partial charge >= 0.3 is 0 Å². The van der Waals surface area contributed by atoms with E-state index < -0.39 is 32.1 Å². The number of hydrogen-bond donors (Lipinski definition) is 2. The number of pyridine rings is 1. The number of nitrogens with two attached hydrogens (primary N) is 1. The first-order valence-corrected chi connectivity index (χ1v) is 14.4. The lowest BCUT2D eigenvalue weighted by atomic mass is 9.97. The Kier molecular flexibility index (Phi) is 7.56. The number of hydrogen-bond acceptors (Lipinski definition) is 8. The van der Waals surface area contributed by atoms with Gasteiger partial charge in [0.2, 0.25) is 21.9 Å². The molecule has 0 aliphatic heterocycles. The molecule has 1 aliphatic rings. The average molecular weight is 570 g/mol. The quantitative estimate of drug-likeness (QED) is 0.305. The number of nitrogens with one attached hydrogen (secondary N) is 1. The highest BCUT2D eigenvalue weighted by atomic mass is 32.2. The molecule has 9 nitrogen and oxygen atoms in total. The monoisotopic (exact) mass is 569 g/mol. The molecule has 210 valence electrons. The molecule has 2 aromatic carbocycles. The summed E-state index contributed by atoms with van der Waals surface area (Å²) in [6.45, 7) is 1.86. The van der Waals surface area contributed by atoms with Crippen molar-refractivity contribution in [3.05, 3.63) is 53.9 Å². The fourth-order valence-electron chi connectivity index (χ4n) is 5.03. The van der Waals surface area contributed by atoms with Gasteiger partial charge in [-0.3, -0.25) is 0 Å². The second-order valence-corrected chi connectivity index (χ2v) is 11.2. The van der Waals surface area contributed by atoms with Gasteiger partial charge in [0.15, 0.2) is 5.82 Å². The van der Waals surface area contributed by atoms with Gasteiger partial charge in [-0.15, -0.1) is 0 Å². The van der Waals surface area contributed by atoms with Crippen molar-refractivity contribution < 1.29 is 26.7 Å². The first-order chi connectivity index (χ1) is 19.1. The van der Waals surface area contributed by atoms with Crippen LogP contribution < -0.4 is 19.9 Å². The van der Waals surface area contributed by atoms with Gasteiger partial charge in [0.05, 0.1) is 30.0 Å². The van der Waals surface area contributed by atoms with Gasteiger partial charge in [0.1, 0.15) is 22.0 Å². The van der Waals surface area contributed by atoms with E-state index in [4.69, 9.17) is 14.6 Å². The Morgan fingerprint density at radius 1 is 1.05 bits per heavy atom. The highest BCUT2D eigenvalue weighted by Crippen LogP contribution is 2.40. The van der Waals surface area contributed by atoms with Gasteiger partial charge in [-0.25, -0.2) is 37.3 Å². The second-order valence-electron chi connectivity index (χ2n) is 9.69. The van der Waals surface area contributed by atoms with Gasteiger partial charge < -0.3 is 14.8 Å². The Morgan fingerprint density at radius 3 is 2.48 bits per heavy atom. The zero-order valence-corrected chi connectivity index (χ0v) is 23.1. The van der Waals surface area contributed by atoms with Crippen LogP contribution in [0.5, 0.6) is 11.6 Å². The summed E-state index contributed by atoms with van der Waals surface area (Å²) in [5.74, 6) is -1.40. The molecular formula is C28H29F2N5O4S. The molecule has 2 aromatic heterocycles. The number of nitrogens with zero attached hydrogens (tertiary/aromatic N) is 3. The highest BCUT2D eigenvalue weighted by Gasteiger charge is 2.25. The number of rotatable bonds is 7. The Hall–Kier alpha value is -3.90. The van der Waals surface area contributed by atoms with E-state index in [2.05, 4.69) is 20.3 Å². The number of fused-ring (bicyclic) bond motifs is 1. The molecule has 0 bridgehead atoms. The maximum atomic E-state index is 15.4. The topological polar surface area (TPSA) is 129 Å². The van der Waals surface area contributed by atoms with Gasteiger partial charge in [-0.2, -0.15) is 0 Å². The van der Waals surface area contributed by atoms with E-state index >= 15 is 8.78 Å². The number of halogens is 2. The van der Waals surface area contributed by atoms with E-state index in [9.17, 15) is 8.42 Å². The van der Waals surface area contributed by atoms with Crippen molar-refractivity contribution in [1.29, 1.82) is 0 Å². The van der Waals surface area contributed by atoms with Crippen LogP contribution in [0.25, 0.3) is 33.2 Å². The minimum absolute atomic E-state index is 0.0363. The molecule has 4 aromatic rings. The maximum absolute atomic E-state index is 15.4. The summed E-state index contributed by atoms with van der Waals surface area (Å²) in [5, 5.41) is 8.88. The molecule has 0 radical (unpaired) electrons. The predicted octanol–water partition coefficient (Wildman–Crippen LogP) is 5.35. The number of sulfonamides is 1. The zero-order chi connectivity index (χ0) is 28.6. The number of methoxy groups -OCH3 is 1. The Bertz CT molecular complexity index is 1710. The Balaban J connectivity index is 1.71. The lowest BCUT2D eigenvalue weighted by molar-refractivity contribution is 0.157. The summed E-state index contributed by atoms with van der Waals surface area (Å²) in [4.78, 5) is 12.6. The Labute approximate surface area is 230 Å². The normalized spacial score (nSPS) is 14.3. The molecular weight excluding hydrogens is 540 g/mol. The largest absolute Gasteiger partial charge is 0.488 e. The molecule has 0 saturated heterocycles. The fourth-order valence-corrected chi connectivity index (χ4v) is 5.64. The van der Waals surface area contributed by atoms with E-state index in [0.29, 0.717) is 34.0 Å². The van der Waals surface area contributed by atoms with Gasteiger partial charge in [-0.05, 0) is 68.5 Å². The molecule has 40 heavy (non-hydrogen) atoms. The molecule has 2 heterocycles. The van der Waals surface area contributed by atoms with Crippen LogP contribution in [0.3, 0.4) is 0 Å². The van der Waals surface area contributed by atoms with Crippen molar-refractivity contribution in [3.63, 3.8) is 0 Å². The molecule has 3 N–H and O–H groups in total. The van der Waals surface area contributed by atoms with Crippen LogP contribution in [0.15, 0.2) is 41.4 Å². The summed E-state index contributed by atoms with van der Waals surface area (Å²) in [6.07, 6.45) is 6.74. The molecule has 5 rings (SSSR count). The predicted molar refractivity (Wildman–Crippen MR) is 148 cm³/mol. The van der Waals surface area contributed by atoms with Crippen molar-refractivity contribution in [1.82, 2.24) is 15.0 Å². The number of ether oxygens (including phenoxy) is 2. The van der Waals surface area contributed by atoms with E-state index in [1.807, 2.05) is 19.1 Å². The molecule has 0 unspecified atom stereocenters. The van der Waals surface area contributed by atoms with Crippen molar-refractivity contribution >= 4 is 26.9 Å². The summed E-state index contributed by atoms with van der Waals surface area (Å²) < 4.78 is 66.0. The van der Waals surface area contributed by atoms with Gasteiger partial charge in [0.25, 0.3) is 0 Å². The Morgan fingerprint density at radius 2 is 1.80 bits per heavy atom. The van der Waals surface area contributed by atoms with Crippen molar-refractivity contribution in [3.8, 4) is 33.9 Å². The first kappa shape index (κ1) is 27.7. The third kappa shape index (κ3) is 5.28. The number of benzene rings is 2. The summed E-state index contributed by atoms with van der Waals surface area (Å²) in [6, 6.07) is 6.80. The number of anilines is 1. The van der Waals surface area contributed by atoms with Gasteiger partial charge in [0, 0.05) is 24.2 Å². The van der Waals surface area contributed by atoms with E-state index in [-0.39, 0.29) is 17.5 Å². The van der Waals surface area contributed by atoms with Gasteiger partial charge in [-0.1, -0.05) is 6.42 Å². The van der Waals surface area contributed by atoms with Crippen LogP contribution >= 0.6 is 0 Å². The SMILES string of the molecule is CNc1nc(C)c2cc(-c3cnc(OC)c(-c4c(F)ccc(S(N)(=O)=O)c4F)c3)cc(OC3CCCCC3)c2n1. The summed E-state index contributed by atoms with van der Waals surface area (Å²) >= 11 is 0. The first-order valence-electron chi connectivity index (χ1n) is 12.8. The van der Waals surface area contributed by atoms with Crippen LogP contribution in [0.4, 0.5) is 14.7 Å². The minimum Gasteiger partial charge on any atom is -0.488 e. The molecule has 0 atom stereocenters. The fraction of sp³-hybridized carbons (Fsp3) is 0.321. The van der Waals surface area contributed by atoms with Crippen LogP contribution in [0.2, 0.25) is 0 Å². The summed E-state index contributed by atoms with van der Waals surface area (Å²) in [7, 11) is -1.41. The second kappa shape index (κ2) is 10.9. The van der Waals surface area contributed by atoms with Crippen LogP contribution in [-0.4, -0.2) is 43.6 Å². The number of aryl methyl sites for hydroxylation is 1. The van der Waals surface area contributed by atoms with Crippen molar-refractivity contribution in [2.24, 2.45) is 5.14 Å². The summed E-state index contributed by atoms with van der Waals surface area (Å²) in [5.41, 5.74) is 1.80. The third-order valence-corrected chi connectivity index (χ3v) is 7.96. The van der Waals surface area contributed by atoms with Crippen LogP contribution in [0, 0.1) is 18.6 Å². The van der Waals surface area contributed by atoms with E-state index in [1.165, 1.54) is 25.8 Å². The number of primary sulfonamides is 1. The van der Waals surface area contributed by atoms with E-state index in [1.54, 1.807) is 7.05 Å². The molecule has 0 spiro atoms. The molecule has 12 heteroatoms. The van der Waals surface area contributed by atoms with Crippen molar-refractivity contribution in [2.45, 2.75) is 50.0 Å². The van der Waals surface area contributed by atoms with Crippen molar-refractivity contribution in [2.75, 3.05) is 19.5 Å². The molecule has 1 aliphatic carbocycles. The number of aromatic nitrogens is 3. The standard InChI is InChI=1S/C28H29F2N5O4S/c1-15-19-11-16(13-22(26(19)35-28(32-2)34-15)39-18-7-5-4-6-8-18)17-12-20(27(38-3)33-14-17)24-21(29)9-10-23(25(24)30)40(31,36)37/h9-14,18H,4-8H2,1-3H3,(H2,31,36,37)(H,32,34,35). The average Bonchev–Trinajstić information content (AvgIpc) is 2.93. The lowest BCUT2D eigenvalue weighted by Crippen LogP contribution is -2.20. The van der Waals surface area contributed by atoms with E-state index in [0.717, 1.165) is 43.2 Å². The molecule has 1 saturated carbocycles. The smallest absolute Gasteiger partial charge is 0.240 e. The third-order valence-electron chi connectivity index (χ3n) is 7.03. The molecule has 1 fully saturated rings.